The molecule has 2 N–H and O–H groups in total. The van der Waals surface area contributed by atoms with Crippen molar-refractivity contribution < 1.29 is 32.9 Å². The van der Waals surface area contributed by atoms with Gasteiger partial charge in [-0.15, -0.1) is 0 Å². The number of hydrogen-bond donors (Lipinski definition) is 2. The molecule has 1 amide bonds. The van der Waals surface area contributed by atoms with Gasteiger partial charge in [-0.05, 0) is 19.3 Å². The van der Waals surface area contributed by atoms with Crippen LogP contribution in [0.2, 0.25) is 0 Å². The predicted octanol–water partition coefficient (Wildman–Crippen LogP) is 25.0. The van der Waals surface area contributed by atoms with Crippen LogP contribution in [-0.2, 0) is 18.4 Å². The number of likely N-dealkylation sites (N-methyl/N-ethyl adjacent to an activating group) is 1. The first-order chi connectivity index (χ1) is 42.5. The van der Waals surface area contributed by atoms with Gasteiger partial charge in [-0.1, -0.05) is 418 Å². The fourth-order valence-electron chi connectivity index (χ4n) is 12.6. The van der Waals surface area contributed by atoms with E-state index in [-0.39, 0.29) is 19.1 Å². The average Bonchev–Trinajstić information content (AvgIpc) is 3.70. The van der Waals surface area contributed by atoms with Gasteiger partial charge in [-0.3, -0.25) is 9.36 Å². The number of phosphoric acid groups is 1. The summed E-state index contributed by atoms with van der Waals surface area (Å²) in [5.41, 5.74) is 0. The highest BCUT2D eigenvalue weighted by molar-refractivity contribution is 7.45. The summed E-state index contributed by atoms with van der Waals surface area (Å²) in [6.45, 7) is 4.73. The molecule has 0 fully saturated rings. The summed E-state index contributed by atoms with van der Waals surface area (Å²) in [4.78, 5) is 25.7. The van der Waals surface area contributed by atoms with Crippen LogP contribution in [0.1, 0.15) is 431 Å². The van der Waals surface area contributed by atoms with E-state index in [0.717, 1.165) is 38.5 Å². The highest BCUT2D eigenvalue weighted by Crippen LogP contribution is 2.38. The number of rotatable bonds is 75. The first-order valence-electron chi connectivity index (χ1n) is 39.6. The van der Waals surface area contributed by atoms with Gasteiger partial charge < -0.3 is 28.8 Å². The number of carbonyl (C=O) groups excluding carboxylic acids is 1. The molecule has 87 heavy (non-hydrogen) atoms. The molecule has 8 nitrogen and oxygen atoms in total. The summed E-state index contributed by atoms with van der Waals surface area (Å²) in [6.07, 6.45) is 91.0. The topological polar surface area (TPSA) is 108 Å². The molecule has 0 saturated heterocycles. The summed E-state index contributed by atoms with van der Waals surface area (Å²) >= 11 is 0. The number of amides is 1. The number of nitrogens with zero attached hydrogens (tertiary/aromatic N) is 1. The van der Waals surface area contributed by atoms with Gasteiger partial charge >= 0.3 is 0 Å². The van der Waals surface area contributed by atoms with Gasteiger partial charge in [0.25, 0.3) is 7.82 Å². The van der Waals surface area contributed by atoms with Gasteiger partial charge in [-0.2, -0.15) is 0 Å². The highest BCUT2D eigenvalue weighted by atomic mass is 31.2. The number of aliphatic hydroxyl groups is 1. The normalized spacial score (nSPS) is 13.5. The number of unbranched alkanes of at least 4 members (excludes halogenated alkanes) is 62. The van der Waals surface area contributed by atoms with Gasteiger partial charge in [-0.25, -0.2) is 0 Å². The molecule has 0 bridgehead atoms. The zero-order valence-corrected chi connectivity index (χ0v) is 60.7. The summed E-state index contributed by atoms with van der Waals surface area (Å²) in [7, 11) is 1.29. The number of phosphoric ester groups is 1. The van der Waals surface area contributed by atoms with E-state index in [9.17, 15) is 19.4 Å². The summed E-state index contributed by atoms with van der Waals surface area (Å²) in [5.74, 6) is -0.186. The van der Waals surface area contributed by atoms with Crippen molar-refractivity contribution >= 4 is 13.7 Å². The Labute approximate surface area is 545 Å². The minimum Gasteiger partial charge on any atom is -0.756 e. The second-order valence-electron chi connectivity index (χ2n) is 28.8. The van der Waals surface area contributed by atoms with Crippen LogP contribution < -0.4 is 10.2 Å². The lowest BCUT2D eigenvalue weighted by molar-refractivity contribution is -0.870. The van der Waals surface area contributed by atoms with E-state index in [2.05, 4.69) is 19.2 Å². The lowest BCUT2D eigenvalue weighted by Crippen LogP contribution is -2.45. The van der Waals surface area contributed by atoms with E-state index < -0.39 is 20.0 Å². The van der Waals surface area contributed by atoms with Gasteiger partial charge in [0.15, 0.2) is 0 Å². The molecule has 3 unspecified atom stereocenters. The smallest absolute Gasteiger partial charge is 0.268 e. The Morgan fingerprint density at radius 3 is 0.862 bits per heavy atom. The Balaban J connectivity index is 3.87. The SMILES string of the molecule is CCCCCCCCCCCCCCCCCCCCCCCC/C=C/C(O)C(COP(=O)([O-])OCC[N+](C)(C)C)NC(=O)CCCCCCCCCCCCCCCCCCCCCCCCCCCCCCCCCCCCCCCCCCC. The number of quaternary nitrogens is 1. The lowest BCUT2D eigenvalue weighted by atomic mass is 10.0. The summed E-state index contributed by atoms with van der Waals surface area (Å²) in [6, 6.07) is -0.884. The molecule has 0 heterocycles. The molecule has 0 aliphatic heterocycles. The fourth-order valence-corrected chi connectivity index (χ4v) is 13.4. The summed E-state index contributed by atoms with van der Waals surface area (Å²) in [5, 5.41) is 14.0. The van der Waals surface area contributed by atoms with Crippen molar-refractivity contribution in [2.45, 2.75) is 443 Å². The first kappa shape index (κ1) is 86.2. The zero-order chi connectivity index (χ0) is 63.4. The van der Waals surface area contributed by atoms with Gasteiger partial charge in [0.2, 0.25) is 5.91 Å². The van der Waals surface area contributed by atoms with Crippen molar-refractivity contribution in [1.82, 2.24) is 5.32 Å². The molecule has 9 heteroatoms. The Hall–Kier alpha value is -0.760. The number of nitrogens with one attached hydrogen (secondary N) is 1. The van der Waals surface area contributed by atoms with E-state index in [1.54, 1.807) is 6.08 Å². The molecule has 0 spiro atoms. The third-order valence-electron chi connectivity index (χ3n) is 18.7. The molecule has 0 aromatic carbocycles. The van der Waals surface area contributed by atoms with Crippen molar-refractivity contribution in [2.75, 3.05) is 40.9 Å². The molecule has 0 radical (unpaired) electrons. The molecule has 0 saturated carbocycles. The Morgan fingerprint density at radius 1 is 0.391 bits per heavy atom. The summed E-state index contributed by atoms with van der Waals surface area (Å²) < 4.78 is 23.5. The largest absolute Gasteiger partial charge is 0.756 e. The van der Waals surface area contributed by atoms with Crippen molar-refractivity contribution in [3.05, 3.63) is 12.2 Å². The number of hydrogen-bond acceptors (Lipinski definition) is 6. The number of carbonyl (C=O) groups is 1. The molecule has 0 aliphatic rings. The Morgan fingerprint density at radius 2 is 0.621 bits per heavy atom. The minimum absolute atomic E-state index is 0.00308. The maximum atomic E-state index is 13.1. The second kappa shape index (κ2) is 69.6. The standard InChI is InChI=1S/C78H157N2O6P/c1-6-8-10-12-14-16-18-20-22-24-26-28-30-32-33-34-35-36-37-38-39-40-41-42-43-44-45-46-47-48-50-52-54-56-58-60-62-64-66-68-70-72-78(82)79-76(75-86-87(83,84)85-74-73-80(3,4)5)77(81)71-69-67-65-63-61-59-57-55-53-51-49-31-29-27-25-23-21-19-17-15-13-11-9-7-2/h69,71,76-77,81H,6-68,70,72-75H2,1-5H3,(H-,79,82,83,84)/b71-69+. The van der Waals surface area contributed by atoms with Crippen molar-refractivity contribution in [1.29, 1.82) is 0 Å². The number of aliphatic hydroxyl groups excluding tert-OH is 1. The molecule has 0 aromatic heterocycles. The fraction of sp³-hybridized carbons (Fsp3) is 0.962. The van der Waals surface area contributed by atoms with Gasteiger partial charge in [0.1, 0.15) is 13.2 Å². The zero-order valence-electron chi connectivity index (χ0n) is 59.8. The van der Waals surface area contributed by atoms with Crippen molar-refractivity contribution in [3.8, 4) is 0 Å². The first-order valence-corrected chi connectivity index (χ1v) is 41.0. The average molecular weight is 1250 g/mol. The number of allylic oxidation sites excluding steroid dienone is 1. The van der Waals surface area contributed by atoms with Gasteiger partial charge in [0, 0.05) is 6.42 Å². The van der Waals surface area contributed by atoms with Crippen molar-refractivity contribution in [2.24, 2.45) is 0 Å². The minimum atomic E-state index is -4.60. The van der Waals surface area contributed by atoms with E-state index >= 15 is 0 Å². The molecule has 0 aliphatic carbocycles. The third-order valence-corrected chi connectivity index (χ3v) is 19.7. The van der Waals surface area contributed by atoms with Gasteiger partial charge in [0.05, 0.1) is 39.9 Å². The maximum absolute atomic E-state index is 13.1. The maximum Gasteiger partial charge on any atom is 0.268 e. The molecule has 0 rings (SSSR count). The molecule has 520 valence electrons. The van der Waals surface area contributed by atoms with Crippen molar-refractivity contribution in [3.63, 3.8) is 0 Å². The second-order valence-corrected chi connectivity index (χ2v) is 30.2. The Bertz CT molecular complexity index is 1420. The van der Waals surface area contributed by atoms with Crippen LogP contribution in [0.5, 0.6) is 0 Å². The van der Waals surface area contributed by atoms with Crippen LogP contribution in [0, 0.1) is 0 Å². The Kier molecular flexibility index (Phi) is 69.0. The van der Waals surface area contributed by atoms with Crippen LogP contribution in [-0.4, -0.2) is 68.5 Å². The van der Waals surface area contributed by atoms with Crippen LogP contribution in [0.3, 0.4) is 0 Å². The lowest BCUT2D eigenvalue weighted by Gasteiger charge is -2.29. The quantitative estimate of drug-likeness (QED) is 0.0272. The molecular weight excluding hydrogens is 1090 g/mol. The highest BCUT2D eigenvalue weighted by Gasteiger charge is 2.23. The van der Waals surface area contributed by atoms with E-state index in [1.165, 1.54) is 372 Å². The van der Waals surface area contributed by atoms with Crippen LogP contribution in [0.4, 0.5) is 0 Å². The monoisotopic (exact) mass is 1250 g/mol. The van der Waals surface area contributed by atoms with E-state index in [0.29, 0.717) is 17.4 Å². The predicted molar refractivity (Wildman–Crippen MR) is 381 cm³/mol. The van der Waals surface area contributed by atoms with E-state index in [4.69, 9.17) is 9.05 Å². The van der Waals surface area contributed by atoms with Crippen LogP contribution in [0.25, 0.3) is 0 Å². The van der Waals surface area contributed by atoms with Crippen LogP contribution in [0.15, 0.2) is 12.2 Å². The van der Waals surface area contributed by atoms with E-state index in [1.807, 2.05) is 27.2 Å². The molecule has 3 atom stereocenters. The molecular formula is C78H157N2O6P. The molecule has 0 aromatic rings. The van der Waals surface area contributed by atoms with Crippen LogP contribution >= 0.6 is 7.82 Å². The third kappa shape index (κ3) is 72.5.